The first-order valence-corrected chi connectivity index (χ1v) is 5.90. The summed E-state index contributed by atoms with van der Waals surface area (Å²) in [4.78, 5) is 11.6. The summed E-state index contributed by atoms with van der Waals surface area (Å²) in [5, 5.41) is 12.1. The van der Waals surface area contributed by atoms with Crippen LogP contribution in [-0.4, -0.2) is 24.2 Å². The van der Waals surface area contributed by atoms with Crippen molar-refractivity contribution >= 4 is 12.0 Å². The summed E-state index contributed by atoms with van der Waals surface area (Å²) in [6, 6.07) is 4.75. The molecule has 4 N–H and O–H groups in total. The van der Waals surface area contributed by atoms with E-state index in [4.69, 9.17) is 10.5 Å². The van der Waals surface area contributed by atoms with Crippen molar-refractivity contribution in [2.45, 2.75) is 6.92 Å². The van der Waals surface area contributed by atoms with E-state index >= 15 is 0 Å². The number of rotatable bonds is 6. The predicted octanol–water partition coefficient (Wildman–Crippen LogP) is 1.39. The topological polar surface area (TPSA) is 84.6 Å². The maximum Gasteiger partial charge on any atom is 0.267 e. The lowest BCUT2D eigenvalue weighted by Crippen LogP contribution is -2.28. The number of amides is 1. The van der Waals surface area contributed by atoms with E-state index in [-0.39, 0.29) is 17.4 Å². The minimum absolute atomic E-state index is 0.0497. The average Bonchev–Trinajstić information content (AvgIpc) is 2.40. The van der Waals surface area contributed by atoms with Crippen LogP contribution < -0.4 is 15.8 Å². The third kappa shape index (κ3) is 4.39. The lowest BCUT2D eigenvalue weighted by Gasteiger charge is -2.07. The van der Waals surface area contributed by atoms with Crippen LogP contribution in [-0.2, 0) is 4.79 Å². The molecule has 1 amide bonds. The number of nitrogens with one attached hydrogen (secondary N) is 1. The van der Waals surface area contributed by atoms with Crippen LogP contribution in [0.2, 0.25) is 0 Å². The summed E-state index contributed by atoms with van der Waals surface area (Å²) in [5.41, 5.74) is 6.42. The minimum Gasteiger partial charge on any atom is -0.504 e. The second kappa shape index (κ2) is 7.10. The number of hydrogen-bond donors (Lipinski definition) is 3. The maximum atomic E-state index is 11.6. The highest BCUT2D eigenvalue weighted by Gasteiger charge is 2.06. The highest BCUT2D eigenvalue weighted by Crippen LogP contribution is 2.27. The highest BCUT2D eigenvalue weighted by molar-refractivity contribution is 5.96. The number of phenols is 1. The molecule has 102 valence electrons. The van der Waals surface area contributed by atoms with E-state index in [1.54, 1.807) is 18.2 Å². The van der Waals surface area contributed by atoms with Gasteiger partial charge in [-0.05, 0) is 30.7 Å². The zero-order valence-electron chi connectivity index (χ0n) is 10.8. The largest absolute Gasteiger partial charge is 0.504 e. The third-order valence-electron chi connectivity index (χ3n) is 2.28. The smallest absolute Gasteiger partial charge is 0.267 e. The molecule has 0 aliphatic carbocycles. The molecule has 0 spiro atoms. The van der Waals surface area contributed by atoms with E-state index < -0.39 is 0 Å². The Hall–Kier alpha value is -2.43. The van der Waals surface area contributed by atoms with Gasteiger partial charge in [0.25, 0.3) is 5.91 Å². The molecule has 0 fully saturated rings. The summed E-state index contributed by atoms with van der Waals surface area (Å²) >= 11 is 0. The Morgan fingerprint density at radius 2 is 2.32 bits per heavy atom. The average molecular weight is 262 g/mol. The molecule has 0 aromatic heterocycles. The molecule has 0 atom stereocenters. The summed E-state index contributed by atoms with van der Waals surface area (Å²) < 4.78 is 5.25. The van der Waals surface area contributed by atoms with Gasteiger partial charge in [0, 0.05) is 6.54 Å². The second-order valence-corrected chi connectivity index (χ2v) is 3.76. The Labute approximate surface area is 112 Å². The maximum absolute atomic E-state index is 11.6. The first kappa shape index (κ1) is 14.6. The van der Waals surface area contributed by atoms with E-state index in [0.717, 1.165) is 0 Å². The predicted molar refractivity (Wildman–Crippen MR) is 74.6 cm³/mol. The molecule has 0 radical (unpaired) electrons. The Morgan fingerprint density at radius 1 is 1.58 bits per heavy atom. The molecule has 0 saturated heterocycles. The molecule has 1 aromatic rings. The number of benzene rings is 1. The molecule has 0 heterocycles. The van der Waals surface area contributed by atoms with Crippen LogP contribution in [0.1, 0.15) is 12.5 Å². The standard InChI is InChI=1S/C14H18N2O3/c1-3-7-16-14(18)11(15)8-10-5-6-12(17)13(9-10)19-4-2/h3,5-6,8-9,17H,1,4,7,15H2,2H3,(H,16,18)/b11-8+. The van der Waals surface area contributed by atoms with Crippen molar-refractivity contribution in [3.63, 3.8) is 0 Å². The molecule has 5 heteroatoms. The van der Waals surface area contributed by atoms with Gasteiger partial charge in [0.05, 0.1) is 12.3 Å². The van der Waals surface area contributed by atoms with Crippen LogP contribution in [0.3, 0.4) is 0 Å². The van der Waals surface area contributed by atoms with Gasteiger partial charge in [-0.15, -0.1) is 6.58 Å². The Balaban J connectivity index is 2.88. The van der Waals surface area contributed by atoms with Crippen LogP contribution in [0, 0.1) is 0 Å². The molecule has 0 bridgehead atoms. The van der Waals surface area contributed by atoms with Crippen molar-refractivity contribution in [1.29, 1.82) is 0 Å². The van der Waals surface area contributed by atoms with Crippen molar-refractivity contribution < 1.29 is 14.6 Å². The van der Waals surface area contributed by atoms with E-state index in [1.165, 1.54) is 12.1 Å². The van der Waals surface area contributed by atoms with Gasteiger partial charge in [-0.1, -0.05) is 12.1 Å². The third-order valence-corrected chi connectivity index (χ3v) is 2.28. The van der Waals surface area contributed by atoms with Gasteiger partial charge in [0.15, 0.2) is 11.5 Å². The molecule has 0 aliphatic heterocycles. The van der Waals surface area contributed by atoms with Crippen molar-refractivity contribution in [2.24, 2.45) is 5.73 Å². The second-order valence-electron chi connectivity index (χ2n) is 3.76. The van der Waals surface area contributed by atoms with Gasteiger partial charge in [0.1, 0.15) is 0 Å². The van der Waals surface area contributed by atoms with E-state index in [0.29, 0.717) is 24.5 Å². The SMILES string of the molecule is C=CCNC(=O)/C(N)=C\c1ccc(O)c(OCC)c1. The van der Waals surface area contributed by atoms with Crippen LogP contribution in [0.4, 0.5) is 0 Å². The number of hydrogen-bond acceptors (Lipinski definition) is 4. The molecule has 0 saturated carbocycles. The quantitative estimate of drug-likeness (QED) is 0.534. The fourth-order valence-electron chi connectivity index (χ4n) is 1.40. The first-order chi connectivity index (χ1) is 9.08. The zero-order valence-corrected chi connectivity index (χ0v) is 10.8. The summed E-state index contributed by atoms with van der Waals surface area (Å²) in [5.74, 6) is 0.0372. The first-order valence-electron chi connectivity index (χ1n) is 5.90. The van der Waals surface area contributed by atoms with Gasteiger partial charge < -0.3 is 20.9 Å². The number of phenolic OH excluding ortho intramolecular Hbond substituents is 1. The monoisotopic (exact) mass is 262 g/mol. The van der Waals surface area contributed by atoms with Crippen LogP contribution >= 0.6 is 0 Å². The number of carbonyl (C=O) groups excluding carboxylic acids is 1. The Kier molecular flexibility index (Phi) is 5.47. The van der Waals surface area contributed by atoms with E-state index in [2.05, 4.69) is 11.9 Å². The molecule has 1 rings (SSSR count). The van der Waals surface area contributed by atoms with Gasteiger partial charge >= 0.3 is 0 Å². The summed E-state index contributed by atoms with van der Waals surface area (Å²) in [6.45, 7) is 6.11. The van der Waals surface area contributed by atoms with Gasteiger partial charge in [0.2, 0.25) is 0 Å². The summed E-state index contributed by atoms with van der Waals surface area (Å²) in [7, 11) is 0. The van der Waals surface area contributed by atoms with Crippen molar-refractivity contribution in [1.82, 2.24) is 5.32 Å². The number of aromatic hydroxyl groups is 1. The number of carbonyl (C=O) groups is 1. The van der Waals surface area contributed by atoms with Crippen LogP contribution in [0.25, 0.3) is 6.08 Å². The summed E-state index contributed by atoms with van der Waals surface area (Å²) in [6.07, 6.45) is 3.08. The van der Waals surface area contributed by atoms with Crippen molar-refractivity contribution in [2.75, 3.05) is 13.2 Å². The van der Waals surface area contributed by atoms with Crippen molar-refractivity contribution in [3.8, 4) is 11.5 Å². The molecule has 1 aromatic carbocycles. The minimum atomic E-state index is -0.370. The molecular formula is C14H18N2O3. The Bertz CT molecular complexity index is 495. The fourth-order valence-corrected chi connectivity index (χ4v) is 1.40. The number of ether oxygens (including phenoxy) is 1. The number of nitrogens with two attached hydrogens (primary N) is 1. The molecular weight excluding hydrogens is 244 g/mol. The van der Waals surface area contributed by atoms with E-state index in [9.17, 15) is 9.90 Å². The van der Waals surface area contributed by atoms with Crippen molar-refractivity contribution in [3.05, 3.63) is 42.1 Å². The molecule has 0 aliphatic rings. The van der Waals surface area contributed by atoms with Crippen LogP contribution in [0.5, 0.6) is 11.5 Å². The normalized spacial score (nSPS) is 10.9. The highest BCUT2D eigenvalue weighted by atomic mass is 16.5. The van der Waals surface area contributed by atoms with Gasteiger partial charge in [-0.3, -0.25) is 4.79 Å². The van der Waals surface area contributed by atoms with Crippen LogP contribution in [0.15, 0.2) is 36.6 Å². The van der Waals surface area contributed by atoms with Gasteiger partial charge in [-0.2, -0.15) is 0 Å². The molecule has 0 unspecified atom stereocenters. The zero-order chi connectivity index (χ0) is 14.3. The lowest BCUT2D eigenvalue weighted by molar-refractivity contribution is -0.117. The van der Waals surface area contributed by atoms with Gasteiger partial charge in [-0.25, -0.2) is 0 Å². The molecule has 19 heavy (non-hydrogen) atoms. The Morgan fingerprint density at radius 3 is 2.95 bits per heavy atom. The molecule has 5 nitrogen and oxygen atoms in total. The lowest BCUT2D eigenvalue weighted by atomic mass is 10.1. The van der Waals surface area contributed by atoms with E-state index in [1.807, 2.05) is 6.92 Å². The fraction of sp³-hybridized carbons (Fsp3) is 0.214.